The molecular weight excluding hydrogens is 332 g/mol. The molecule has 2 fully saturated rings. The van der Waals surface area contributed by atoms with E-state index < -0.39 is 0 Å². The van der Waals surface area contributed by atoms with E-state index in [1.165, 1.54) is 6.42 Å². The Morgan fingerprint density at radius 2 is 1.88 bits per heavy atom. The fraction of sp³-hybridized carbons (Fsp3) is 0.650. The van der Waals surface area contributed by atoms with E-state index in [2.05, 4.69) is 4.90 Å². The van der Waals surface area contributed by atoms with Gasteiger partial charge in [0.25, 0.3) is 5.91 Å². The highest BCUT2D eigenvalue weighted by Crippen LogP contribution is 2.26. The number of carbonyl (C=O) groups excluding carboxylic acids is 1. The van der Waals surface area contributed by atoms with E-state index in [1.54, 1.807) is 0 Å². The quantitative estimate of drug-likeness (QED) is 0.743. The maximum Gasteiger partial charge on any atom is 0.260 e. The molecule has 1 amide bonds. The molecule has 2 aliphatic heterocycles. The monoisotopic (exact) mass is 362 g/mol. The Bertz CT molecular complexity index is 575. The van der Waals surface area contributed by atoms with Crippen molar-refractivity contribution in [2.75, 3.05) is 59.2 Å². The molecule has 0 aromatic heterocycles. The van der Waals surface area contributed by atoms with Crippen LogP contribution in [0.4, 0.5) is 0 Å². The molecule has 0 radical (unpaired) electrons. The summed E-state index contributed by atoms with van der Waals surface area (Å²) >= 11 is 0. The SMILES string of the molecule is CCOc1ccccc1OCC(=O)N1CCCC(CN2CCOCC2)C1. The molecule has 3 rings (SSSR count). The number of rotatable bonds is 7. The van der Waals surface area contributed by atoms with Crippen LogP contribution in [0.3, 0.4) is 0 Å². The minimum atomic E-state index is 0.0583. The predicted molar refractivity (Wildman–Crippen MR) is 99.7 cm³/mol. The topological polar surface area (TPSA) is 51.2 Å². The molecule has 1 atom stereocenters. The number of piperidine rings is 1. The van der Waals surface area contributed by atoms with Gasteiger partial charge >= 0.3 is 0 Å². The zero-order valence-electron chi connectivity index (χ0n) is 15.7. The van der Waals surface area contributed by atoms with Crippen molar-refractivity contribution in [1.82, 2.24) is 9.80 Å². The second-order valence-corrected chi connectivity index (χ2v) is 6.93. The molecule has 1 unspecified atom stereocenters. The lowest BCUT2D eigenvalue weighted by Gasteiger charge is -2.36. The molecule has 2 heterocycles. The van der Waals surface area contributed by atoms with Gasteiger partial charge in [0.1, 0.15) is 0 Å². The lowest BCUT2D eigenvalue weighted by molar-refractivity contribution is -0.135. The van der Waals surface area contributed by atoms with Gasteiger partial charge in [0.15, 0.2) is 18.1 Å². The number of ether oxygens (including phenoxy) is 3. The van der Waals surface area contributed by atoms with E-state index in [9.17, 15) is 4.79 Å². The van der Waals surface area contributed by atoms with Crippen LogP contribution in [-0.2, 0) is 9.53 Å². The van der Waals surface area contributed by atoms with Crippen molar-refractivity contribution in [3.05, 3.63) is 24.3 Å². The van der Waals surface area contributed by atoms with Gasteiger partial charge in [-0.05, 0) is 37.8 Å². The molecule has 6 heteroatoms. The van der Waals surface area contributed by atoms with Gasteiger partial charge in [-0.1, -0.05) is 12.1 Å². The van der Waals surface area contributed by atoms with Crippen molar-refractivity contribution < 1.29 is 19.0 Å². The third-order valence-electron chi connectivity index (χ3n) is 4.99. The van der Waals surface area contributed by atoms with Crippen LogP contribution in [-0.4, -0.2) is 74.9 Å². The number of likely N-dealkylation sites (tertiary alicyclic amines) is 1. The van der Waals surface area contributed by atoms with E-state index in [1.807, 2.05) is 36.1 Å². The molecule has 0 aliphatic carbocycles. The number of hydrogen-bond acceptors (Lipinski definition) is 5. The van der Waals surface area contributed by atoms with Gasteiger partial charge < -0.3 is 19.1 Å². The Hall–Kier alpha value is -1.79. The summed E-state index contributed by atoms with van der Waals surface area (Å²) in [5.74, 6) is 1.92. The maximum absolute atomic E-state index is 12.6. The van der Waals surface area contributed by atoms with Crippen molar-refractivity contribution in [1.29, 1.82) is 0 Å². The van der Waals surface area contributed by atoms with Gasteiger partial charge in [-0.3, -0.25) is 9.69 Å². The van der Waals surface area contributed by atoms with Crippen LogP contribution in [0.5, 0.6) is 11.5 Å². The van der Waals surface area contributed by atoms with Gasteiger partial charge in [-0.2, -0.15) is 0 Å². The molecule has 1 aromatic rings. The summed E-state index contributed by atoms with van der Waals surface area (Å²) in [6, 6.07) is 7.50. The molecule has 2 saturated heterocycles. The summed E-state index contributed by atoms with van der Waals surface area (Å²) in [5.41, 5.74) is 0. The molecule has 1 aromatic carbocycles. The largest absolute Gasteiger partial charge is 0.490 e. The van der Waals surface area contributed by atoms with Gasteiger partial charge in [-0.25, -0.2) is 0 Å². The molecule has 0 bridgehead atoms. The number of amides is 1. The molecule has 0 spiro atoms. The zero-order valence-corrected chi connectivity index (χ0v) is 15.7. The number of morpholine rings is 1. The average Bonchev–Trinajstić information content (AvgIpc) is 2.68. The van der Waals surface area contributed by atoms with Gasteiger partial charge in [-0.15, -0.1) is 0 Å². The average molecular weight is 362 g/mol. The normalized spacial score (nSPS) is 21.4. The second-order valence-electron chi connectivity index (χ2n) is 6.93. The van der Waals surface area contributed by atoms with Crippen molar-refractivity contribution >= 4 is 5.91 Å². The second kappa shape index (κ2) is 9.78. The van der Waals surface area contributed by atoms with Crippen molar-refractivity contribution in [2.24, 2.45) is 5.92 Å². The Balaban J connectivity index is 1.48. The minimum absolute atomic E-state index is 0.0583. The lowest BCUT2D eigenvalue weighted by atomic mass is 9.97. The minimum Gasteiger partial charge on any atom is -0.490 e. The third kappa shape index (κ3) is 5.35. The van der Waals surface area contributed by atoms with Crippen LogP contribution in [0.1, 0.15) is 19.8 Å². The van der Waals surface area contributed by atoms with E-state index in [4.69, 9.17) is 14.2 Å². The lowest BCUT2D eigenvalue weighted by Crippen LogP contribution is -2.47. The summed E-state index contributed by atoms with van der Waals surface area (Å²) in [5, 5.41) is 0. The van der Waals surface area contributed by atoms with Crippen LogP contribution >= 0.6 is 0 Å². The number of carbonyl (C=O) groups is 1. The smallest absolute Gasteiger partial charge is 0.260 e. The maximum atomic E-state index is 12.6. The fourth-order valence-corrected chi connectivity index (χ4v) is 3.66. The molecule has 0 N–H and O–H groups in total. The fourth-order valence-electron chi connectivity index (χ4n) is 3.66. The summed E-state index contributed by atoms with van der Waals surface area (Å²) in [6.45, 7) is 8.93. The van der Waals surface area contributed by atoms with Crippen LogP contribution in [0.15, 0.2) is 24.3 Å². The van der Waals surface area contributed by atoms with Gasteiger partial charge in [0, 0.05) is 32.7 Å². The highest BCUT2D eigenvalue weighted by Gasteiger charge is 2.26. The first-order valence-corrected chi connectivity index (χ1v) is 9.68. The number of benzene rings is 1. The van der Waals surface area contributed by atoms with Crippen molar-refractivity contribution in [3.8, 4) is 11.5 Å². The summed E-state index contributed by atoms with van der Waals surface area (Å²) in [4.78, 5) is 17.0. The van der Waals surface area contributed by atoms with E-state index in [0.717, 1.165) is 52.4 Å². The van der Waals surface area contributed by atoms with Crippen molar-refractivity contribution in [2.45, 2.75) is 19.8 Å². The van der Waals surface area contributed by atoms with Crippen LogP contribution in [0.25, 0.3) is 0 Å². The molecule has 144 valence electrons. The third-order valence-corrected chi connectivity index (χ3v) is 4.99. The summed E-state index contributed by atoms with van der Waals surface area (Å²) in [6.07, 6.45) is 2.26. The number of hydrogen-bond donors (Lipinski definition) is 0. The van der Waals surface area contributed by atoms with E-state index in [-0.39, 0.29) is 12.5 Å². The van der Waals surface area contributed by atoms with Gasteiger partial charge in [0.2, 0.25) is 0 Å². The first-order chi connectivity index (χ1) is 12.8. The first kappa shape index (κ1) is 19.0. The Kier molecular flexibility index (Phi) is 7.14. The Morgan fingerprint density at radius 3 is 2.62 bits per heavy atom. The number of nitrogens with zero attached hydrogens (tertiary/aromatic N) is 2. The molecular formula is C20H30N2O4. The first-order valence-electron chi connectivity index (χ1n) is 9.68. The zero-order chi connectivity index (χ0) is 18.2. The summed E-state index contributed by atoms with van der Waals surface area (Å²) < 4.78 is 16.7. The van der Waals surface area contributed by atoms with E-state index >= 15 is 0 Å². The van der Waals surface area contributed by atoms with Crippen LogP contribution in [0, 0.1) is 5.92 Å². The molecule has 6 nitrogen and oxygen atoms in total. The van der Waals surface area contributed by atoms with E-state index in [0.29, 0.717) is 24.0 Å². The van der Waals surface area contributed by atoms with Crippen LogP contribution in [0.2, 0.25) is 0 Å². The van der Waals surface area contributed by atoms with Gasteiger partial charge in [0.05, 0.1) is 19.8 Å². The predicted octanol–water partition coefficient (Wildman–Crippen LogP) is 2.03. The molecule has 2 aliphatic rings. The summed E-state index contributed by atoms with van der Waals surface area (Å²) in [7, 11) is 0. The molecule has 26 heavy (non-hydrogen) atoms. The van der Waals surface area contributed by atoms with Crippen molar-refractivity contribution in [3.63, 3.8) is 0 Å². The Morgan fingerprint density at radius 1 is 1.15 bits per heavy atom. The number of para-hydroxylation sites is 2. The Labute approximate surface area is 156 Å². The highest BCUT2D eigenvalue weighted by atomic mass is 16.5. The molecule has 0 saturated carbocycles. The standard InChI is InChI=1S/C20H30N2O4/c1-2-25-18-7-3-4-8-19(18)26-16-20(23)22-9-5-6-17(15-22)14-21-10-12-24-13-11-21/h3-4,7-8,17H,2,5-6,9-16H2,1H3. The highest BCUT2D eigenvalue weighted by molar-refractivity contribution is 5.78. The van der Waals surface area contributed by atoms with Crippen LogP contribution < -0.4 is 9.47 Å².